The maximum atomic E-state index is 12.1. The van der Waals surface area contributed by atoms with Gasteiger partial charge in [-0.15, -0.1) is 11.3 Å². The number of hydrogen-bond donors (Lipinski definition) is 2. The molecular weight excluding hydrogens is 258 g/mol. The fourth-order valence-electron chi connectivity index (χ4n) is 2.21. The Labute approximate surface area is 115 Å². The normalized spacial score (nSPS) is 17.6. The van der Waals surface area contributed by atoms with Gasteiger partial charge in [-0.25, -0.2) is 4.98 Å². The summed E-state index contributed by atoms with van der Waals surface area (Å²) < 4.78 is 0. The number of thiazole rings is 1. The van der Waals surface area contributed by atoms with E-state index >= 15 is 0 Å². The summed E-state index contributed by atoms with van der Waals surface area (Å²) in [5, 5.41) is 9.39. The molecule has 0 aliphatic carbocycles. The van der Waals surface area contributed by atoms with Crippen LogP contribution in [0.4, 0.5) is 5.69 Å². The lowest BCUT2D eigenvalue weighted by Gasteiger charge is -2.27. The van der Waals surface area contributed by atoms with Crippen molar-refractivity contribution in [3.05, 3.63) is 45.4 Å². The summed E-state index contributed by atoms with van der Waals surface area (Å²) in [5.41, 5.74) is 3.55. The van der Waals surface area contributed by atoms with Crippen molar-refractivity contribution in [2.24, 2.45) is 0 Å². The number of amides is 1. The molecular formula is C14H15N3OS. The Kier molecular flexibility index (Phi) is 2.98. The first-order chi connectivity index (χ1) is 9.19. The third kappa shape index (κ3) is 2.10. The molecule has 0 radical (unpaired) electrons. The van der Waals surface area contributed by atoms with Crippen LogP contribution >= 0.6 is 11.3 Å². The highest BCUT2D eigenvalue weighted by molar-refractivity contribution is 7.09. The summed E-state index contributed by atoms with van der Waals surface area (Å²) in [4.78, 5) is 16.7. The number of rotatable bonds is 2. The Morgan fingerprint density at radius 3 is 2.95 bits per heavy atom. The summed E-state index contributed by atoms with van der Waals surface area (Å²) in [6.45, 7) is 4.08. The Hall–Kier alpha value is -1.88. The summed E-state index contributed by atoms with van der Waals surface area (Å²) in [6, 6.07) is 5.73. The molecule has 4 nitrogen and oxygen atoms in total. The lowest BCUT2D eigenvalue weighted by Crippen LogP contribution is -2.39. The van der Waals surface area contributed by atoms with Gasteiger partial charge in [0.25, 0.3) is 5.91 Å². The Bertz CT molecular complexity index is 635. The highest BCUT2D eigenvalue weighted by Crippen LogP contribution is 2.29. The number of carbonyl (C=O) groups is 1. The van der Waals surface area contributed by atoms with E-state index < -0.39 is 0 Å². The smallest absolute Gasteiger partial charge is 0.255 e. The first-order valence-corrected chi connectivity index (χ1v) is 7.18. The number of benzene rings is 1. The van der Waals surface area contributed by atoms with Crippen LogP contribution in [0.3, 0.4) is 0 Å². The number of nitrogens with one attached hydrogen (secondary N) is 2. The van der Waals surface area contributed by atoms with Crippen LogP contribution in [0.2, 0.25) is 0 Å². The molecule has 1 aliphatic rings. The summed E-state index contributed by atoms with van der Waals surface area (Å²) in [6.07, 6.45) is 0.679. The predicted molar refractivity (Wildman–Crippen MR) is 76.5 cm³/mol. The van der Waals surface area contributed by atoms with E-state index in [9.17, 15) is 4.79 Å². The van der Waals surface area contributed by atoms with E-state index in [1.54, 1.807) is 11.3 Å². The predicted octanol–water partition coefficient (Wildman–Crippen LogP) is 2.87. The van der Waals surface area contributed by atoms with Crippen LogP contribution in [0.5, 0.6) is 0 Å². The van der Waals surface area contributed by atoms with Gasteiger partial charge in [0.05, 0.1) is 22.0 Å². The monoisotopic (exact) mass is 273 g/mol. The van der Waals surface area contributed by atoms with Crippen molar-refractivity contribution < 1.29 is 4.79 Å². The minimum atomic E-state index is -0.238. The molecule has 1 unspecified atom stereocenters. The average Bonchev–Trinajstić information content (AvgIpc) is 2.88. The molecule has 1 amide bonds. The molecule has 0 fully saturated rings. The molecule has 1 aliphatic heterocycles. The van der Waals surface area contributed by atoms with Gasteiger partial charge in [0.15, 0.2) is 0 Å². The number of aryl methyl sites for hydroxylation is 2. The average molecular weight is 273 g/mol. The first kappa shape index (κ1) is 12.2. The number of para-hydroxylation sites is 1. The molecule has 3 rings (SSSR count). The van der Waals surface area contributed by atoms with E-state index in [2.05, 4.69) is 22.5 Å². The van der Waals surface area contributed by atoms with E-state index in [1.165, 1.54) is 0 Å². The van der Waals surface area contributed by atoms with Crippen molar-refractivity contribution in [3.63, 3.8) is 0 Å². The second-order valence-corrected chi connectivity index (χ2v) is 5.51. The molecule has 98 valence electrons. The van der Waals surface area contributed by atoms with Crippen LogP contribution in [-0.2, 0) is 6.42 Å². The van der Waals surface area contributed by atoms with Crippen molar-refractivity contribution >= 4 is 22.9 Å². The summed E-state index contributed by atoms with van der Waals surface area (Å²) in [7, 11) is 0. The van der Waals surface area contributed by atoms with Gasteiger partial charge >= 0.3 is 0 Å². The Morgan fingerprint density at radius 2 is 2.21 bits per heavy atom. The first-order valence-electron chi connectivity index (χ1n) is 6.30. The molecule has 1 aromatic heterocycles. The van der Waals surface area contributed by atoms with E-state index in [-0.39, 0.29) is 12.1 Å². The fourth-order valence-corrected chi connectivity index (χ4v) is 2.98. The SMILES string of the molecule is CCc1nc(C2NC(=O)c3cccc(C)c3N2)cs1. The van der Waals surface area contributed by atoms with Crippen molar-refractivity contribution in [2.75, 3.05) is 5.32 Å². The minimum absolute atomic E-state index is 0.0477. The Balaban J connectivity index is 1.96. The number of anilines is 1. The van der Waals surface area contributed by atoms with Gasteiger partial charge in [-0.3, -0.25) is 4.79 Å². The standard InChI is InChI=1S/C14H15N3OS/c1-3-11-15-10(7-19-11)13-16-12-8(2)5-4-6-9(12)14(18)17-13/h4-7,13,16H,3H2,1-2H3,(H,17,18). The molecule has 0 spiro atoms. The molecule has 1 aromatic carbocycles. The van der Waals surface area contributed by atoms with Crippen LogP contribution in [-0.4, -0.2) is 10.9 Å². The van der Waals surface area contributed by atoms with E-state index in [0.717, 1.165) is 28.4 Å². The molecule has 1 atom stereocenters. The van der Waals surface area contributed by atoms with Gasteiger partial charge in [-0.05, 0) is 25.0 Å². The Morgan fingerprint density at radius 1 is 1.37 bits per heavy atom. The highest BCUT2D eigenvalue weighted by atomic mass is 32.1. The van der Waals surface area contributed by atoms with Gasteiger partial charge in [0.1, 0.15) is 6.17 Å². The van der Waals surface area contributed by atoms with Crippen molar-refractivity contribution in [2.45, 2.75) is 26.4 Å². The molecule has 0 saturated heterocycles. The van der Waals surface area contributed by atoms with Gasteiger partial charge in [-0.2, -0.15) is 0 Å². The zero-order chi connectivity index (χ0) is 13.4. The number of carbonyl (C=O) groups excluding carboxylic acids is 1. The van der Waals surface area contributed by atoms with Gasteiger partial charge in [0, 0.05) is 5.38 Å². The van der Waals surface area contributed by atoms with Gasteiger partial charge in [0.2, 0.25) is 0 Å². The quantitative estimate of drug-likeness (QED) is 0.884. The topological polar surface area (TPSA) is 54.0 Å². The van der Waals surface area contributed by atoms with Crippen LogP contribution in [0.25, 0.3) is 0 Å². The largest absolute Gasteiger partial charge is 0.359 e. The number of fused-ring (bicyclic) bond motifs is 1. The second kappa shape index (κ2) is 4.66. The highest BCUT2D eigenvalue weighted by Gasteiger charge is 2.26. The van der Waals surface area contributed by atoms with E-state index in [4.69, 9.17) is 0 Å². The van der Waals surface area contributed by atoms with Crippen molar-refractivity contribution in [3.8, 4) is 0 Å². The van der Waals surface area contributed by atoms with Crippen LogP contribution in [0, 0.1) is 6.92 Å². The summed E-state index contributed by atoms with van der Waals surface area (Å²) >= 11 is 1.63. The molecule has 2 heterocycles. The van der Waals surface area contributed by atoms with Crippen LogP contribution in [0.15, 0.2) is 23.6 Å². The maximum absolute atomic E-state index is 12.1. The van der Waals surface area contributed by atoms with E-state index in [1.807, 2.05) is 30.5 Å². The zero-order valence-electron chi connectivity index (χ0n) is 10.9. The second-order valence-electron chi connectivity index (χ2n) is 4.57. The molecule has 2 aromatic rings. The van der Waals surface area contributed by atoms with Gasteiger partial charge < -0.3 is 10.6 Å². The zero-order valence-corrected chi connectivity index (χ0v) is 11.7. The lowest BCUT2D eigenvalue weighted by molar-refractivity contribution is 0.0935. The molecule has 2 N–H and O–H groups in total. The van der Waals surface area contributed by atoms with Gasteiger partial charge in [-0.1, -0.05) is 19.1 Å². The van der Waals surface area contributed by atoms with E-state index in [0.29, 0.717) is 5.56 Å². The number of nitrogens with zero attached hydrogens (tertiary/aromatic N) is 1. The molecule has 5 heteroatoms. The molecule has 0 bridgehead atoms. The maximum Gasteiger partial charge on any atom is 0.255 e. The van der Waals surface area contributed by atoms with Crippen molar-refractivity contribution in [1.29, 1.82) is 0 Å². The van der Waals surface area contributed by atoms with Crippen LogP contribution < -0.4 is 10.6 Å². The molecule has 0 saturated carbocycles. The van der Waals surface area contributed by atoms with Crippen molar-refractivity contribution in [1.82, 2.24) is 10.3 Å². The minimum Gasteiger partial charge on any atom is -0.359 e. The third-order valence-electron chi connectivity index (χ3n) is 3.25. The lowest BCUT2D eigenvalue weighted by atomic mass is 10.0. The summed E-state index contributed by atoms with van der Waals surface area (Å²) in [5.74, 6) is -0.0477. The number of aromatic nitrogens is 1. The molecule has 19 heavy (non-hydrogen) atoms. The fraction of sp³-hybridized carbons (Fsp3) is 0.286. The number of hydrogen-bond acceptors (Lipinski definition) is 4. The third-order valence-corrected chi connectivity index (χ3v) is 4.26. The van der Waals surface area contributed by atoms with Crippen LogP contribution in [0.1, 0.15) is 39.7 Å².